The molecule has 2 N–H and O–H groups in total. The number of hydrogen-bond donors (Lipinski definition) is 2. The van der Waals surface area contributed by atoms with Crippen LogP contribution in [0, 0.1) is 0 Å². The van der Waals surface area contributed by atoms with Crippen molar-refractivity contribution in [1.82, 2.24) is 10.0 Å². The Morgan fingerprint density at radius 3 is 2.50 bits per heavy atom. The van der Waals surface area contributed by atoms with Gasteiger partial charge in [-0.3, -0.25) is 4.79 Å². The summed E-state index contributed by atoms with van der Waals surface area (Å²) < 4.78 is 33.1. The number of rotatable bonds is 4. The molecule has 4 rings (SSSR count). The molecule has 0 saturated heterocycles. The normalized spacial score (nSPS) is 18.1. The highest BCUT2D eigenvalue weighted by Gasteiger charge is 2.36. The monoisotopic (exact) mass is 373 g/mol. The molecule has 1 aliphatic heterocycles. The van der Waals surface area contributed by atoms with E-state index in [1.54, 1.807) is 49.5 Å². The molecule has 1 heterocycles. The van der Waals surface area contributed by atoms with E-state index < -0.39 is 10.0 Å². The van der Waals surface area contributed by atoms with Crippen LogP contribution in [0.3, 0.4) is 0 Å². The van der Waals surface area contributed by atoms with Crippen molar-refractivity contribution in [2.24, 2.45) is 0 Å². The summed E-state index contributed by atoms with van der Waals surface area (Å²) in [4.78, 5) is 13.9. The average Bonchev–Trinajstić information content (AvgIpc) is 3.47. The molecule has 1 aliphatic carbocycles. The fourth-order valence-corrected chi connectivity index (χ4v) is 4.19. The van der Waals surface area contributed by atoms with Gasteiger partial charge in [-0.2, -0.15) is 4.72 Å². The van der Waals surface area contributed by atoms with Crippen LogP contribution in [0.4, 0.5) is 5.69 Å². The molecule has 2 aromatic carbocycles. The van der Waals surface area contributed by atoms with Crippen LogP contribution in [-0.4, -0.2) is 34.1 Å². The molecule has 0 aromatic heterocycles. The van der Waals surface area contributed by atoms with Gasteiger partial charge in [0, 0.05) is 24.7 Å². The van der Waals surface area contributed by atoms with Crippen LogP contribution in [0.2, 0.25) is 0 Å². The lowest BCUT2D eigenvalue weighted by Gasteiger charge is -2.31. The second-order valence-corrected chi connectivity index (χ2v) is 8.08. The summed E-state index contributed by atoms with van der Waals surface area (Å²) >= 11 is 0. The summed E-state index contributed by atoms with van der Waals surface area (Å²) in [6.07, 6.45) is 2.16. The van der Waals surface area contributed by atoms with E-state index in [0.29, 0.717) is 35.5 Å². The third kappa shape index (κ3) is 3.13. The van der Waals surface area contributed by atoms with E-state index in [0.717, 1.165) is 12.8 Å². The lowest BCUT2D eigenvalue weighted by molar-refractivity contribution is 0.0963. The number of benzene rings is 2. The first kappa shape index (κ1) is 16.9. The Labute approximate surface area is 152 Å². The molecule has 0 unspecified atom stereocenters. The lowest BCUT2D eigenvalue weighted by atomic mass is 10.2. The number of nitrogens with zero attached hydrogens (tertiary/aromatic N) is 1. The van der Waals surface area contributed by atoms with Crippen LogP contribution in [0.15, 0.2) is 47.4 Å². The van der Waals surface area contributed by atoms with Crippen molar-refractivity contribution in [3.8, 4) is 11.5 Å². The minimum atomic E-state index is -3.54. The van der Waals surface area contributed by atoms with Crippen molar-refractivity contribution in [1.29, 1.82) is 0 Å². The zero-order valence-electron chi connectivity index (χ0n) is 14.2. The molecule has 0 atom stereocenters. The van der Waals surface area contributed by atoms with Gasteiger partial charge in [0.1, 0.15) is 16.4 Å². The van der Waals surface area contributed by atoms with Crippen molar-refractivity contribution in [2.75, 3.05) is 18.6 Å². The number of ether oxygens (including phenoxy) is 1. The SMILES string of the molecule is CNC(=O)c1ccc(Oc2ccc3c(c2)S(=O)(=O)NCN3C2CC2)cc1. The van der Waals surface area contributed by atoms with Gasteiger partial charge in [0.25, 0.3) is 5.91 Å². The summed E-state index contributed by atoms with van der Waals surface area (Å²) in [5, 5.41) is 2.55. The summed E-state index contributed by atoms with van der Waals surface area (Å²) in [7, 11) is -1.97. The minimum absolute atomic E-state index is 0.178. The van der Waals surface area contributed by atoms with Crippen molar-refractivity contribution < 1.29 is 17.9 Å². The number of anilines is 1. The molecule has 0 bridgehead atoms. The van der Waals surface area contributed by atoms with Gasteiger partial charge in [0.15, 0.2) is 0 Å². The first-order valence-corrected chi connectivity index (χ1v) is 9.86. The molecule has 136 valence electrons. The summed E-state index contributed by atoms with van der Waals surface area (Å²) in [6, 6.07) is 12.2. The fraction of sp³-hybridized carbons (Fsp3) is 0.278. The molecule has 26 heavy (non-hydrogen) atoms. The second kappa shape index (κ2) is 6.30. The van der Waals surface area contributed by atoms with E-state index in [1.807, 2.05) is 0 Å². The number of fused-ring (bicyclic) bond motifs is 1. The Morgan fingerprint density at radius 1 is 1.15 bits per heavy atom. The molecule has 2 aromatic rings. The number of hydrogen-bond acceptors (Lipinski definition) is 5. The van der Waals surface area contributed by atoms with Gasteiger partial charge in [-0.15, -0.1) is 0 Å². The van der Waals surface area contributed by atoms with E-state index in [9.17, 15) is 13.2 Å². The second-order valence-electron chi connectivity index (χ2n) is 6.34. The Balaban J connectivity index is 1.61. The lowest BCUT2D eigenvalue weighted by Crippen LogP contribution is -2.44. The topological polar surface area (TPSA) is 87.7 Å². The molecule has 7 nitrogen and oxygen atoms in total. The van der Waals surface area contributed by atoms with E-state index in [-0.39, 0.29) is 10.8 Å². The molecule has 1 fully saturated rings. The summed E-state index contributed by atoms with van der Waals surface area (Å²) in [5.74, 6) is 0.778. The Hall–Kier alpha value is -2.58. The van der Waals surface area contributed by atoms with Gasteiger partial charge in [-0.25, -0.2) is 8.42 Å². The van der Waals surface area contributed by atoms with Crippen LogP contribution in [0.5, 0.6) is 11.5 Å². The number of carbonyl (C=O) groups excluding carboxylic acids is 1. The van der Waals surface area contributed by atoms with Crippen LogP contribution in [0.25, 0.3) is 0 Å². The van der Waals surface area contributed by atoms with Crippen LogP contribution < -0.4 is 19.7 Å². The predicted molar refractivity (Wildman–Crippen MR) is 97.0 cm³/mol. The van der Waals surface area contributed by atoms with Crippen molar-refractivity contribution in [2.45, 2.75) is 23.8 Å². The first-order chi connectivity index (χ1) is 12.5. The number of sulfonamides is 1. The number of carbonyl (C=O) groups is 1. The van der Waals surface area contributed by atoms with E-state index in [2.05, 4.69) is 14.9 Å². The largest absolute Gasteiger partial charge is 0.457 e. The van der Waals surface area contributed by atoms with E-state index in [1.165, 1.54) is 0 Å². The first-order valence-electron chi connectivity index (χ1n) is 8.38. The standard InChI is InChI=1S/C18H19N3O4S/c1-19-18(22)12-2-6-14(7-3-12)25-15-8-9-16-17(10-15)26(23,24)20-11-21(16)13-4-5-13/h2-3,6-10,13,20H,4-5,11H2,1H3,(H,19,22). The maximum absolute atomic E-state index is 12.4. The molecular formula is C18H19N3O4S. The number of nitrogens with one attached hydrogen (secondary N) is 2. The highest BCUT2D eigenvalue weighted by atomic mass is 32.2. The van der Waals surface area contributed by atoms with Gasteiger partial charge < -0.3 is 15.0 Å². The van der Waals surface area contributed by atoms with Crippen LogP contribution in [-0.2, 0) is 10.0 Å². The van der Waals surface area contributed by atoms with E-state index in [4.69, 9.17) is 4.74 Å². The Bertz CT molecular complexity index is 953. The molecular weight excluding hydrogens is 354 g/mol. The highest BCUT2D eigenvalue weighted by molar-refractivity contribution is 7.89. The minimum Gasteiger partial charge on any atom is -0.457 e. The average molecular weight is 373 g/mol. The van der Waals surface area contributed by atoms with Crippen molar-refractivity contribution in [3.63, 3.8) is 0 Å². The maximum Gasteiger partial charge on any atom is 0.251 e. The smallest absolute Gasteiger partial charge is 0.251 e. The molecule has 1 saturated carbocycles. The van der Waals surface area contributed by atoms with Gasteiger partial charge >= 0.3 is 0 Å². The number of amides is 1. The third-order valence-corrected chi connectivity index (χ3v) is 5.94. The van der Waals surface area contributed by atoms with Crippen molar-refractivity contribution in [3.05, 3.63) is 48.0 Å². The Kier molecular flexibility index (Phi) is 4.08. The van der Waals surface area contributed by atoms with Crippen LogP contribution >= 0.6 is 0 Å². The van der Waals surface area contributed by atoms with Gasteiger partial charge in [-0.1, -0.05) is 0 Å². The summed E-state index contributed by atoms with van der Waals surface area (Å²) in [5.41, 5.74) is 1.24. The third-order valence-electron chi connectivity index (χ3n) is 4.52. The van der Waals surface area contributed by atoms with Crippen molar-refractivity contribution >= 4 is 21.6 Å². The molecule has 0 spiro atoms. The maximum atomic E-state index is 12.4. The highest BCUT2D eigenvalue weighted by Crippen LogP contribution is 2.39. The molecule has 1 amide bonds. The quantitative estimate of drug-likeness (QED) is 0.857. The fourth-order valence-electron chi connectivity index (χ4n) is 2.99. The van der Waals surface area contributed by atoms with Gasteiger partial charge in [0.05, 0.1) is 12.4 Å². The molecule has 2 aliphatic rings. The summed E-state index contributed by atoms with van der Waals surface area (Å²) in [6.45, 7) is 0.307. The van der Waals surface area contributed by atoms with E-state index >= 15 is 0 Å². The Morgan fingerprint density at radius 2 is 1.85 bits per heavy atom. The zero-order chi connectivity index (χ0) is 18.3. The molecule has 0 radical (unpaired) electrons. The molecule has 8 heteroatoms. The zero-order valence-corrected chi connectivity index (χ0v) is 15.0. The van der Waals surface area contributed by atoms with Gasteiger partial charge in [-0.05, 0) is 49.2 Å². The van der Waals surface area contributed by atoms with Crippen LogP contribution in [0.1, 0.15) is 23.2 Å². The van der Waals surface area contributed by atoms with Gasteiger partial charge in [0.2, 0.25) is 10.0 Å². The predicted octanol–water partition coefficient (Wildman–Crippen LogP) is 2.06.